The van der Waals surface area contributed by atoms with Gasteiger partial charge in [0.15, 0.2) is 0 Å². The fourth-order valence-electron chi connectivity index (χ4n) is 2.24. The van der Waals surface area contributed by atoms with Crippen LogP contribution in [0.15, 0.2) is 43.0 Å². The summed E-state index contributed by atoms with van der Waals surface area (Å²) >= 11 is 0. The molecule has 0 radical (unpaired) electrons. The molecule has 0 aliphatic carbocycles. The largest absolute Gasteiger partial charge is 0.396 e. The quantitative estimate of drug-likeness (QED) is 0.771. The van der Waals surface area contributed by atoms with E-state index in [4.69, 9.17) is 0 Å². The number of rotatable bonds is 7. The Kier molecular flexibility index (Phi) is 5.82. The van der Waals surface area contributed by atoms with Gasteiger partial charge >= 0.3 is 0 Å². The van der Waals surface area contributed by atoms with Crippen molar-refractivity contribution in [2.45, 2.75) is 26.7 Å². The first kappa shape index (κ1) is 17.1. The third-order valence-electron chi connectivity index (χ3n) is 3.76. The van der Waals surface area contributed by atoms with Gasteiger partial charge in [0.05, 0.1) is 0 Å². The molecule has 23 heavy (non-hydrogen) atoms. The average molecular weight is 313 g/mol. The monoisotopic (exact) mass is 313 g/mol. The number of nitrogens with one attached hydrogen (secondary N) is 1. The number of hydrogen-bond acceptors (Lipinski definition) is 4. The van der Waals surface area contributed by atoms with Crippen molar-refractivity contribution in [3.8, 4) is 11.1 Å². The molecule has 0 atom stereocenters. The number of amides is 1. The highest BCUT2D eigenvalue weighted by Crippen LogP contribution is 2.21. The molecule has 2 rings (SSSR count). The maximum atomic E-state index is 12.2. The second-order valence-corrected chi connectivity index (χ2v) is 6.39. The molecule has 1 aromatic heterocycles. The number of aromatic nitrogens is 2. The summed E-state index contributed by atoms with van der Waals surface area (Å²) in [6.07, 6.45) is 6.63. The highest BCUT2D eigenvalue weighted by Gasteiger charge is 2.15. The van der Waals surface area contributed by atoms with Crippen LogP contribution in [0.4, 0.5) is 0 Å². The van der Waals surface area contributed by atoms with Gasteiger partial charge in [0.25, 0.3) is 5.91 Å². The molecule has 122 valence electrons. The number of carbonyl (C=O) groups excluding carboxylic acids is 1. The van der Waals surface area contributed by atoms with Crippen LogP contribution < -0.4 is 5.32 Å². The van der Waals surface area contributed by atoms with Gasteiger partial charge in [0.2, 0.25) is 0 Å². The average Bonchev–Trinajstić information content (AvgIpc) is 2.59. The summed E-state index contributed by atoms with van der Waals surface area (Å²) in [5, 5.41) is 12.1. The van der Waals surface area contributed by atoms with Gasteiger partial charge in [-0.05, 0) is 36.0 Å². The smallest absolute Gasteiger partial charge is 0.251 e. The van der Waals surface area contributed by atoms with E-state index < -0.39 is 0 Å². The Labute approximate surface area is 136 Å². The number of hydrogen-bond donors (Lipinski definition) is 2. The minimum absolute atomic E-state index is 0.0921. The Bertz CT molecular complexity index is 642. The van der Waals surface area contributed by atoms with E-state index in [0.29, 0.717) is 12.1 Å². The van der Waals surface area contributed by atoms with E-state index in [-0.39, 0.29) is 17.9 Å². The van der Waals surface area contributed by atoms with Gasteiger partial charge < -0.3 is 10.4 Å². The molecule has 1 amide bonds. The lowest BCUT2D eigenvalue weighted by atomic mass is 9.89. The molecule has 5 heteroatoms. The number of aliphatic hydroxyl groups excluding tert-OH is 1. The van der Waals surface area contributed by atoms with E-state index in [9.17, 15) is 9.90 Å². The Morgan fingerprint density at radius 1 is 1.22 bits per heavy atom. The van der Waals surface area contributed by atoms with Crippen LogP contribution in [0.2, 0.25) is 0 Å². The minimum atomic E-state index is -0.0993. The maximum Gasteiger partial charge on any atom is 0.251 e. The minimum Gasteiger partial charge on any atom is -0.396 e. The lowest BCUT2D eigenvalue weighted by Gasteiger charge is -2.21. The first-order valence-corrected chi connectivity index (χ1v) is 7.76. The number of aliphatic hydroxyl groups is 1. The molecule has 0 aliphatic rings. The molecule has 0 fully saturated rings. The highest BCUT2D eigenvalue weighted by molar-refractivity contribution is 5.95. The third kappa shape index (κ3) is 5.14. The SMILES string of the molecule is CC(C)(CO)CCCNC(=O)c1cccc(-c2cncnc2)c1. The Balaban J connectivity index is 1.93. The zero-order chi connectivity index (χ0) is 16.7. The maximum absolute atomic E-state index is 12.2. The predicted molar refractivity (Wildman–Crippen MR) is 89.9 cm³/mol. The Morgan fingerprint density at radius 3 is 2.65 bits per heavy atom. The summed E-state index contributed by atoms with van der Waals surface area (Å²) in [6.45, 7) is 4.78. The van der Waals surface area contributed by atoms with Gasteiger partial charge in [0, 0.05) is 36.7 Å². The van der Waals surface area contributed by atoms with Gasteiger partial charge in [-0.2, -0.15) is 0 Å². The van der Waals surface area contributed by atoms with Crippen LogP contribution in [0.3, 0.4) is 0 Å². The van der Waals surface area contributed by atoms with Crippen molar-refractivity contribution >= 4 is 5.91 Å². The van der Waals surface area contributed by atoms with Crippen molar-refractivity contribution < 1.29 is 9.90 Å². The topological polar surface area (TPSA) is 75.1 Å². The summed E-state index contributed by atoms with van der Waals surface area (Å²) in [7, 11) is 0. The fraction of sp³-hybridized carbons (Fsp3) is 0.389. The second-order valence-electron chi connectivity index (χ2n) is 6.39. The van der Waals surface area contributed by atoms with Crippen molar-refractivity contribution in [2.24, 2.45) is 5.41 Å². The van der Waals surface area contributed by atoms with Crippen LogP contribution in [0.25, 0.3) is 11.1 Å². The van der Waals surface area contributed by atoms with Crippen molar-refractivity contribution in [3.05, 3.63) is 48.5 Å². The summed E-state index contributed by atoms with van der Waals surface area (Å²) in [5.74, 6) is -0.0921. The lowest BCUT2D eigenvalue weighted by molar-refractivity contribution is 0.0948. The molecular formula is C18H23N3O2. The standard InChI is InChI=1S/C18H23N3O2/c1-18(2,12-22)7-4-8-21-17(23)15-6-3-5-14(9-15)16-10-19-13-20-11-16/h3,5-6,9-11,13,22H,4,7-8,12H2,1-2H3,(H,21,23). The van der Waals surface area contributed by atoms with Crippen molar-refractivity contribution in [3.63, 3.8) is 0 Å². The molecule has 0 saturated heterocycles. The summed E-state index contributed by atoms with van der Waals surface area (Å²) in [6, 6.07) is 7.41. The van der Waals surface area contributed by atoms with Crippen LogP contribution >= 0.6 is 0 Å². The molecule has 1 aromatic carbocycles. The normalized spacial score (nSPS) is 11.3. The molecular weight excluding hydrogens is 290 g/mol. The van der Waals surface area contributed by atoms with E-state index in [1.807, 2.05) is 32.0 Å². The van der Waals surface area contributed by atoms with Crippen LogP contribution in [0.1, 0.15) is 37.0 Å². The fourth-order valence-corrected chi connectivity index (χ4v) is 2.24. The zero-order valence-corrected chi connectivity index (χ0v) is 13.6. The van der Waals surface area contributed by atoms with E-state index >= 15 is 0 Å². The summed E-state index contributed by atoms with van der Waals surface area (Å²) < 4.78 is 0. The van der Waals surface area contributed by atoms with Crippen LogP contribution in [0, 0.1) is 5.41 Å². The molecule has 0 bridgehead atoms. The number of nitrogens with zero attached hydrogens (tertiary/aromatic N) is 2. The zero-order valence-electron chi connectivity index (χ0n) is 13.6. The van der Waals surface area contributed by atoms with Crippen molar-refractivity contribution in [2.75, 3.05) is 13.2 Å². The van der Waals surface area contributed by atoms with E-state index in [2.05, 4.69) is 15.3 Å². The summed E-state index contributed by atoms with van der Waals surface area (Å²) in [4.78, 5) is 20.2. The van der Waals surface area contributed by atoms with Gasteiger partial charge in [0.1, 0.15) is 6.33 Å². The van der Waals surface area contributed by atoms with Crippen LogP contribution in [-0.2, 0) is 0 Å². The highest BCUT2D eigenvalue weighted by atomic mass is 16.3. The molecule has 1 heterocycles. The first-order chi connectivity index (χ1) is 11.0. The molecule has 0 aliphatic heterocycles. The molecule has 0 saturated carbocycles. The van der Waals surface area contributed by atoms with Gasteiger partial charge in [-0.15, -0.1) is 0 Å². The first-order valence-electron chi connectivity index (χ1n) is 7.76. The predicted octanol–water partition coefficient (Wildman–Crippen LogP) is 2.67. The number of carbonyl (C=O) groups is 1. The summed E-state index contributed by atoms with van der Waals surface area (Å²) in [5.41, 5.74) is 2.32. The van der Waals surface area contributed by atoms with Gasteiger partial charge in [-0.25, -0.2) is 9.97 Å². The molecule has 5 nitrogen and oxygen atoms in total. The molecule has 0 unspecified atom stereocenters. The Hall–Kier alpha value is -2.27. The van der Waals surface area contributed by atoms with E-state index in [0.717, 1.165) is 24.0 Å². The second kappa shape index (κ2) is 7.83. The Morgan fingerprint density at radius 2 is 1.96 bits per heavy atom. The van der Waals surface area contributed by atoms with Crippen molar-refractivity contribution in [1.29, 1.82) is 0 Å². The third-order valence-corrected chi connectivity index (χ3v) is 3.76. The molecule has 2 aromatic rings. The van der Waals surface area contributed by atoms with Crippen LogP contribution in [0.5, 0.6) is 0 Å². The van der Waals surface area contributed by atoms with E-state index in [1.165, 1.54) is 6.33 Å². The van der Waals surface area contributed by atoms with E-state index in [1.54, 1.807) is 18.5 Å². The van der Waals surface area contributed by atoms with Crippen LogP contribution in [-0.4, -0.2) is 34.1 Å². The van der Waals surface area contributed by atoms with Gasteiger partial charge in [-0.1, -0.05) is 26.0 Å². The number of benzene rings is 1. The van der Waals surface area contributed by atoms with Gasteiger partial charge in [-0.3, -0.25) is 4.79 Å². The molecule has 2 N–H and O–H groups in total. The lowest BCUT2D eigenvalue weighted by Crippen LogP contribution is -2.26. The van der Waals surface area contributed by atoms with Crippen molar-refractivity contribution in [1.82, 2.24) is 15.3 Å². The molecule has 0 spiro atoms.